The maximum Gasteiger partial charge on any atom is 0.216 e. The summed E-state index contributed by atoms with van der Waals surface area (Å²) in [4.78, 5) is 12.9. The van der Waals surface area contributed by atoms with Gasteiger partial charge in [-0.2, -0.15) is 0 Å². The smallest absolute Gasteiger partial charge is 0.216 e. The maximum atomic E-state index is 7.25. The molecule has 5 nitrogen and oxygen atoms in total. The van der Waals surface area contributed by atoms with Gasteiger partial charge in [-0.1, -0.05) is 18.2 Å². The van der Waals surface area contributed by atoms with Gasteiger partial charge in [0.1, 0.15) is 6.33 Å². The lowest BCUT2D eigenvalue weighted by molar-refractivity contribution is 0.728. The number of benzene rings is 2. The minimum absolute atomic E-state index is 0.470. The Labute approximate surface area is 132 Å². The summed E-state index contributed by atoms with van der Waals surface area (Å²) in [5.74, 6) is 0.887. The highest BCUT2D eigenvalue weighted by molar-refractivity contribution is 5.83. The van der Waals surface area contributed by atoms with Crippen molar-refractivity contribution in [2.24, 2.45) is 0 Å². The van der Waals surface area contributed by atoms with Crippen molar-refractivity contribution in [3.8, 4) is 5.95 Å². The van der Waals surface area contributed by atoms with E-state index in [-0.39, 0.29) is 0 Å². The normalized spacial score (nSPS) is 14.4. The summed E-state index contributed by atoms with van der Waals surface area (Å²) < 4.78 is 4.31. The number of hydrogen-bond donors (Lipinski definition) is 0. The molecule has 0 spiro atoms. The number of imidazole rings is 2. The second-order valence-electron chi connectivity index (χ2n) is 5.90. The van der Waals surface area contributed by atoms with Crippen LogP contribution >= 0.6 is 0 Å². The third-order valence-electron chi connectivity index (χ3n) is 4.36. The summed E-state index contributed by atoms with van der Waals surface area (Å²) in [6, 6.07) is 14.2. The van der Waals surface area contributed by atoms with Crippen molar-refractivity contribution in [1.29, 1.82) is 0 Å². The topological polar surface area (TPSA) is 40.0 Å². The van der Waals surface area contributed by atoms with E-state index in [2.05, 4.69) is 20.5 Å². The fourth-order valence-corrected chi connectivity index (χ4v) is 3.12. The predicted octanol–water partition coefficient (Wildman–Crippen LogP) is 4.26. The van der Waals surface area contributed by atoms with Gasteiger partial charge >= 0.3 is 0 Å². The van der Waals surface area contributed by atoms with Crippen LogP contribution in [0, 0.1) is 6.57 Å². The summed E-state index contributed by atoms with van der Waals surface area (Å²) in [6.07, 6.45) is 4.15. The molecule has 1 aliphatic rings. The van der Waals surface area contributed by atoms with E-state index in [0.29, 0.717) is 11.7 Å². The Bertz CT molecular complexity index is 1090. The van der Waals surface area contributed by atoms with E-state index in [0.717, 1.165) is 40.9 Å². The van der Waals surface area contributed by atoms with Crippen molar-refractivity contribution in [3.63, 3.8) is 0 Å². The van der Waals surface area contributed by atoms with Crippen LogP contribution in [0.1, 0.15) is 18.9 Å². The molecule has 0 unspecified atom stereocenters. The highest BCUT2D eigenvalue weighted by Gasteiger charge is 2.29. The molecule has 110 valence electrons. The number of fused-ring (bicyclic) bond motifs is 2. The average Bonchev–Trinajstić information content (AvgIpc) is 3.22. The molecular formula is C18H13N5. The first-order chi connectivity index (χ1) is 11.3. The zero-order valence-corrected chi connectivity index (χ0v) is 12.3. The van der Waals surface area contributed by atoms with Crippen LogP contribution in [0.4, 0.5) is 5.69 Å². The minimum atomic E-state index is 0.470. The first-order valence-corrected chi connectivity index (χ1v) is 7.67. The van der Waals surface area contributed by atoms with Crippen LogP contribution in [0.3, 0.4) is 0 Å². The molecule has 1 aliphatic carbocycles. The molecule has 1 saturated carbocycles. The zero-order chi connectivity index (χ0) is 15.4. The minimum Gasteiger partial charge on any atom is -0.308 e. The largest absolute Gasteiger partial charge is 0.308 e. The molecule has 2 heterocycles. The monoisotopic (exact) mass is 299 g/mol. The molecule has 1 fully saturated rings. The van der Waals surface area contributed by atoms with E-state index >= 15 is 0 Å². The molecule has 5 rings (SSSR count). The van der Waals surface area contributed by atoms with Gasteiger partial charge in [-0.15, -0.1) is 0 Å². The molecule has 0 amide bonds. The molecule has 0 bridgehead atoms. The SMILES string of the molecule is [C-]#[N+]c1ccc2nc(-n3cnc4ccccc43)n(C3CC3)c2c1. The summed E-state index contributed by atoms with van der Waals surface area (Å²) >= 11 is 0. The van der Waals surface area contributed by atoms with Gasteiger partial charge in [0.25, 0.3) is 0 Å². The molecule has 2 aromatic heterocycles. The number of para-hydroxylation sites is 2. The Morgan fingerprint density at radius 1 is 1.04 bits per heavy atom. The van der Waals surface area contributed by atoms with Crippen molar-refractivity contribution in [2.45, 2.75) is 18.9 Å². The van der Waals surface area contributed by atoms with E-state index in [1.165, 1.54) is 0 Å². The Kier molecular flexibility index (Phi) is 2.39. The lowest BCUT2D eigenvalue weighted by atomic mass is 10.3. The van der Waals surface area contributed by atoms with Crippen LogP contribution in [0.25, 0.3) is 32.9 Å². The van der Waals surface area contributed by atoms with Gasteiger partial charge in [-0.05, 0) is 37.1 Å². The fourth-order valence-electron chi connectivity index (χ4n) is 3.12. The van der Waals surface area contributed by atoms with Crippen LogP contribution in [0.5, 0.6) is 0 Å². The van der Waals surface area contributed by atoms with Gasteiger partial charge in [-0.25, -0.2) is 14.8 Å². The molecule has 23 heavy (non-hydrogen) atoms. The van der Waals surface area contributed by atoms with Gasteiger partial charge in [0.2, 0.25) is 5.95 Å². The molecule has 0 saturated heterocycles. The second-order valence-corrected chi connectivity index (χ2v) is 5.90. The lowest BCUT2D eigenvalue weighted by Gasteiger charge is -2.09. The predicted molar refractivity (Wildman–Crippen MR) is 88.9 cm³/mol. The Morgan fingerprint density at radius 3 is 2.74 bits per heavy atom. The Morgan fingerprint density at radius 2 is 1.91 bits per heavy atom. The molecule has 0 atom stereocenters. The molecule has 2 aromatic carbocycles. The Hall–Kier alpha value is -3.13. The summed E-state index contributed by atoms with van der Waals surface area (Å²) in [5.41, 5.74) is 4.63. The number of rotatable bonds is 2. The number of nitrogens with zero attached hydrogens (tertiary/aromatic N) is 5. The summed E-state index contributed by atoms with van der Waals surface area (Å²) in [7, 11) is 0. The van der Waals surface area contributed by atoms with E-state index in [1.807, 2.05) is 47.3 Å². The molecule has 0 N–H and O–H groups in total. The second kappa shape index (κ2) is 4.43. The highest BCUT2D eigenvalue weighted by atomic mass is 15.3. The molecule has 0 aliphatic heterocycles. The summed E-state index contributed by atoms with van der Waals surface area (Å²) in [6.45, 7) is 7.25. The zero-order valence-electron chi connectivity index (χ0n) is 12.3. The van der Waals surface area contributed by atoms with E-state index in [4.69, 9.17) is 11.6 Å². The van der Waals surface area contributed by atoms with Gasteiger partial charge in [0.05, 0.1) is 28.6 Å². The standard InChI is InChI=1S/C18H13N5/c1-19-12-6-9-15-17(10-12)23(13-7-8-13)18(21-15)22-11-20-14-4-2-3-5-16(14)22/h2-6,9-11,13H,7-8H2. The first kappa shape index (κ1) is 12.4. The van der Waals surface area contributed by atoms with Gasteiger partial charge < -0.3 is 4.57 Å². The third-order valence-corrected chi connectivity index (χ3v) is 4.36. The highest BCUT2D eigenvalue weighted by Crippen LogP contribution is 2.40. The van der Waals surface area contributed by atoms with Crippen LogP contribution in [0.15, 0.2) is 48.8 Å². The quantitative estimate of drug-likeness (QED) is 0.519. The van der Waals surface area contributed by atoms with Crippen molar-refractivity contribution >= 4 is 27.8 Å². The maximum absolute atomic E-state index is 7.25. The van der Waals surface area contributed by atoms with E-state index < -0.39 is 0 Å². The lowest BCUT2D eigenvalue weighted by Crippen LogP contribution is -2.04. The average molecular weight is 299 g/mol. The van der Waals surface area contributed by atoms with Crippen LogP contribution in [-0.2, 0) is 0 Å². The van der Waals surface area contributed by atoms with Gasteiger partial charge in [-0.3, -0.25) is 4.57 Å². The van der Waals surface area contributed by atoms with Crippen molar-refractivity contribution in [2.75, 3.05) is 0 Å². The van der Waals surface area contributed by atoms with Gasteiger partial charge in [0, 0.05) is 6.04 Å². The van der Waals surface area contributed by atoms with E-state index in [1.54, 1.807) is 0 Å². The van der Waals surface area contributed by atoms with Crippen molar-refractivity contribution in [1.82, 2.24) is 19.1 Å². The third kappa shape index (κ3) is 1.78. The molecule has 0 radical (unpaired) electrons. The van der Waals surface area contributed by atoms with Gasteiger partial charge in [0.15, 0.2) is 5.69 Å². The van der Waals surface area contributed by atoms with Crippen LogP contribution in [0.2, 0.25) is 0 Å². The number of aromatic nitrogens is 4. The number of hydrogen-bond acceptors (Lipinski definition) is 2. The first-order valence-electron chi connectivity index (χ1n) is 7.67. The molecular weight excluding hydrogens is 286 g/mol. The van der Waals surface area contributed by atoms with Crippen molar-refractivity contribution in [3.05, 3.63) is 60.2 Å². The van der Waals surface area contributed by atoms with Crippen molar-refractivity contribution < 1.29 is 0 Å². The van der Waals surface area contributed by atoms with E-state index in [9.17, 15) is 0 Å². The molecule has 5 heteroatoms. The Balaban J connectivity index is 1.84. The van der Waals surface area contributed by atoms with Crippen LogP contribution < -0.4 is 0 Å². The van der Waals surface area contributed by atoms with Crippen LogP contribution in [-0.4, -0.2) is 19.1 Å². The molecule has 4 aromatic rings. The fraction of sp³-hybridized carbons (Fsp3) is 0.167. The summed E-state index contributed by atoms with van der Waals surface area (Å²) in [5, 5.41) is 0.